The number of thiazole rings is 1. The van der Waals surface area contributed by atoms with Crippen LogP contribution in [0.1, 0.15) is 24.1 Å². The van der Waals surface area contributed by atoms with E-state index in [0.717, 1.165) is 20.1 Å². The maximum atomic E-state index is 13.9. The van der Waals surface area contributed by atoms with Crippen molar-refractivity contribution in [2.45, 2.75) is 13.0 Å². The summed E-state index contributed by atoms with van der Waals surface area (Å²) < 4.78 is 14.3. The van der Waals surface area contributed by atoms with Gasteiger partial charge in [0.2, 0.25) is 0 Å². The molecule has 0 bridgehead atoms. The molecule has 39 heavy (non-hydrogen) atoms. The SMILES string of the molecule is COc1ccc([C@@H]2C(C(=O)Nc3ccccc3)=C(C)N=c3s/c(=C/c4cc(Br)c(OC)c(Br)c4)c(=O)n32)cc1. The number of ether oxygens (including phenoxy) is 2. The molecule has 1 aromatic heterocycles. The molecule has 0 saturated heterocycles. The van der Waals surface area contributed by atoms with Crippen LogP contribution in [-0.2, 0) is 4.79 Å². The molecule has 0 aliphatic carbocycles. The average Bonchev–Trinajstić information content (AvgIpc) is 3.22. The third kappa shape index (κ3) is 5.36. The normalized spacial score (nSPS) is 15.0. The number of nitrogens with one attached hydrogen (secondary N) is 1. The summed E-state index contributed by atoms with van der Waals surface area (Å²) in [5.41, 5.74) is 2.94. The summed E-state index contributed by atoms with van der Waals surface area (Å²) in [7, 11) is 3.19. The monoisotopic (exact) mass is 667 g/mol. The lowest BCUT2D eigenvalue weighted by atomic mass is 9.95. The number of para-hydroxylation sites is 1. The molecule has 5 rings (SSSR count). The third-order valence-electron chi connectivity index (χ3n) is 6.25. The summed E-state index contributed by atoms with van der Waals surface area (Å²) in [4.78, 5) is 32.8. The van der Waals surface area contributed by atoms with Gasteiger partial charge in [-0.05, 0) is 92.4 Å². The van der Waals surface area contributed by atoms with Crippen molar-refractivity contribution >= 4 is 60.9 Å². The number of fused-ring (bicyclic) bond motifs is 1. The van der Waals surface area contributed by atoms with Crippen LogP contribution in [0.4, 0.5) is 5.69 Å². The van der Waals surface area contributed by atoms with Crippen molar-refractivity contribution < 1.29 is 14.3 Å². The minimum atomic E-state index is -0.674. The van der Waals surface area contributed by atoms with Crippen LogP contribution in [0.15, 0.2) is 96.7 Å². The Morgan fingerprint density at radius 3 is 2.31 bits per heavy atom. The van der Waals surface area contributed by atoms with Gasteiger partial charge in [-0.2, -0.15) is 0 Å². The number of rotatable bonds is 6. The number of methoxy groups -OCH3 is 2. The van der Waals surface area contributed by atoms with E-state index in [4.69, 9.17) is 14.5 Å². The zero-order valence-corrected chi connectivity index (χ0v) is 25.2. The molecule has 2 heterocycles. The van der Waals surface area contributed by atoms with E-state index < -0.39 is 6.04 Å². The Morgan fingerprint density at radius 2 is 1.69 bits per heavy atom. The number of allylic oxidation sites excluding steroid dienone is 1. The first kappa shape index (κ1) is 27.1. The highest BCUT2D eigenvalue weighted by Gasteiger charge is 2.32. The van der Waals surface area contributed by atoms with Gasteiger partial charge in [0.1, 0.15) is 11.5 Å². The Labute approximate surface area is 245 Å². The van der Waals surface area contributed by atoms with E-state index in [-0.39, 0.29) is 11.5 Å². The van der Waals surface area contributed by atoms with E-state index in [2.05, 4.69) is 37.2 Å². The highest BCUT2D eigenvalue weighted by atomic mass is 79.9. The highest BCUT2D eigenvalue weighted by Crippen LogP contribution is 2.35. The lowest BCUT2D eigenvalue weighted by molar-refractivity contribution is -0.113. The van der Waals surface area contributed by atoms with Crippen LogP contribution < -0.4 is 29.7 Å². The number of amides is 1. The summed E-state index contributed by atoms with van der Waals surface area (Å²) in [6, 6.07) is 19.7. The van der Waals surface area contributed by atoms with E-state index in [1.54, 1.807) is 25.7 Å². The van der Waals surface area contributed by atoms with Gasteiger partial charge in [0.05, 0.1) is 45.0 Å². The fourth-order valence-electron chi connectivity index (χ4n) is 4.44. The first-order valence-corrected chi connectivity index (χ1v) is 14.3. The Hall–Kier alpha value is -3.47. The average molecular weight is 669 g/mol. The van der Waals surface area contributed by atoms with Crippen molar-refractivity contribution in [3.8, 4) is 11.5 Å². The predicted molar refractivity (Wildman–Crippen MR) is 160 cm³/mol. The predicted octanol–water partition coefficient (Wildman–Crippen LogP) is 5.42. The number of anilines is 1. The molecule has 0 saturated carbocycles. The van der Waals surface area contributed by atoms with E-state index in [0.29, 0.717) is 37.8 Å². The minimum absolute atomic E-state index is 0.236. The second kappa shape index (κ2) is 11.3. The molecule has 0 unspecified atom stereocenters. The van der Waals surface area contributed by atoms with Gasteiger partial charge in [0.15, 0.2) is 4.80 Å². The molecular weight excluding hydrogens is 646 g/mol. The van der Waals surface area contributed by atoms with Crippen LogP contribution in [0.2, 0.25) is 0 Å². The molecule has 0 spiro atoms. The van der Waals surface area contributed by atoms with E-state index >= 15 is 0 Å². The number of carbonyl (C=O) groups excluding carboxylic acids is 1. The van der Waals surface area contributed by atoms with Crippen molar-refractivity contribution in [1.29, 1.82) is 0 Å². The molecule has 0 fully saturated rings. The molecule has 0 radical (unpaired) electrons. The topological polar surface area (TPSA) is 81.9 Å². The summed E-state index contributed by atoms with van der Waals surface area (Å²) in [6.45, 7) is 1.80. The Morgan fingerprint density at radius 1 is 1.03 bits per heavy atom. The first-order valence-electron chi connectivity index (χ1n) is 11.9. The second-order valence-corrected chi connectivity index (χ2v) is 11.4. The van der Waals surface area contributed by atoms with Crippen LogP contribution in [0.25, 0.3) is 6.08 Å². The van der Waals surface area contributed by atoms with E-state index in [1.807, 2.05) is 72.8 Å². The van der Waals surface area contributed by atoms with Gasteiger partial charge in [-0.25, -0.2) is 4.99 Å². The summed E-state index contributed by atoms with van der Waals surface area (Å²) in [5, 5.41) is 2.96. The molecule has 198 valence electrons. The lowest BCUT2D eigenvalue weighted by Gasteiger charge is -2.25. The molecule has 3 aromatic carbocycles. The van der Waals surface area contributed by atoms with Crippen molar-refractivity contribution in [3.05, 3.63) is 118 Å². The highest BCUT2D eigenvalue weighted by molar-refractivity contribution is 9.11. The second-order valence-electron chi connectivity index (χ2n) is 8.69. The number of benzene rings is 3. The van der Waals surface area contributed by atoms with Gasteiger partial charge in [-0.1, -0.05) is 41.7 Å². The molecule has 4 aromatic rings. The molecule has 10 heteroatoms. The summed E-state index contributed by atoms with van der Waals surface area (Å²) in [5.74, 6) is 1.02. The van der Waals surface area contributed by atoms with Crippen LogP contribution in [-0.4, -0.2) is 24.7 Å². The fraction of sp³-hybridized carbons (Fsp3) is 0.138. The van der Waals surface area contributed by atoms with Crippen molar-refractivity contribution in [2.75, 3.05) is 19.5 Å². The number of carbonyl (C=O) groups is 1. The lowest BCUT2D eigenvalue weighted by Crippen LogP contribution is -2.40. The molecule has 1 N–H and O–H groups in total. The number of aromatic nitrogens is 1. The maximum absolute atomic E-state index is 13.9. The number of halogens is 2. The van der Waals surface area contributed by atoms with Gasteiger partial charge in [0.25, 0.3) is 11.5 Å². The number of nitrogens with zero attached hydrogens (tertiary/aromatic N) is 2. The van der Waals surface area contributed by atoms with Gasteiger partial charge < -0.3 is 14.8 Å². The van der Waals surface area contributed by atoms with Gasteiger partial charge in [-0.3, -0.25) is 14.2 Å². The molecule has 7 nitrogen and oxygen atoms in total. The van der Waals surface area contributed by atoms with Crippen LogP contribution >= 0.6 is 43.2 Å². The van der Waals surface area contributed by atoms with E-state index in [9.17, 15) is 9.59 Å². The summed E-state index contributed by atoms with van der Waals surface area (Å²) in [6.07, 6.45) is 1.81. The molecule has 1 atom stereocenters. The zero-order chi connectivity index (χ0) is 27.7. The van der Waals surface area contributed by atoms with Crippen molar-refractivity contribution in [3.63, 3.8) is 0 Å². The van der Waals surface area contributed by atoms with E-state index in [1.165, 1.54) is 11.3 Å². The van der Waals surface area contributed by atoms with Crippen molar-refractivity contribution in [1.82, 2.24) is 4.57 Å². The van der Waals surface area contributed by atoms with Crippen LogP contribution in [0.3, 0.4) is 0 Å². The smallest absolute Gasteiger partial charge is 0.271 e. The Balaban J connectivity index is 1.67. The Bertz CT molecular complexity index is 1750. The van der Waals surface area contributed by atoms with Crippen molar-refractivity contribution in [2.24, 2.45) is 4.99 Å². The standard InChI is InChI=1S/C29H23Br2N3O4S/c1-16-24(27(35)33-19-7-5-4-6-8-19)25(18-9-11-20(37-2)12-10-18)34-28(36)23(39-29(34)32-16)15-17-13-21(30)26(38-3)22(31)14-17/h4-15,25H,1-3H3,(H,33,35)/b23-15+/t25-/m1/s1. The molecule has 1 amide bonds. The van der Waals surface area contributed by atoms with Gasteiger partial charge in [0, 0.05) is 5.69 Å². The largest absolute Gasteiger partial charge is 0.497 e. The number of hydrogen-bond donors (Lipinski definition) is 1. The number of hydrogen-bond acceptors (Lipinski definition) is 6. The Kier molecular flexibility index (Phi) is 7.88. The first-order chi connectivity index (χ1) is 18.8. The quantitative estimate of drug-likeness (QED) is 0.298. The molecule has 1 aliphatic rings. The molecular formula is C29H23Br2N3O4S. The van der Waals surface area contributed by atoms with Crippen LogP contribution in [0, 0.1) is 0 Å². The maximum Gasteiger partial charge on any atom is 0.271 e. The van der Waals surface area contributed by atoms with Gasteiger partial charge in [-0.15, -0.1) is 0 Å². The van der Waals surface area contributed by atoms with Crippen LogP contribution in [0.5, 0.6) is 11.5 Å². The fourth-order valence-corrected chi connectivity index (χ4v) is 7.03. The van der Waals surface area contributed by atoms with Gasteiger partial charge >= 0.3 is 0 Å². The molecule has 1 aliphatic heterocycles. The minimum Gasteiger partial charge on any atom is -0.497 e. The third-order valence-corrected chi connectivity index (χ3v) is 8.41. The summed E-state index contributed by atoms with van der Waals surface area (Å²) >= 11 is 8.33. The zero-order valence-electron chi connectivity index (χ0n) is 21.2.